The Morgan fingerprint density at radius 2 is 1.75 bits per heavy atom. The predicted molar refractivity (Wildman–Crippen MR) is 96.2 cm³/mol. The van der Waals surface area contributed by atoms with Gasteiger partial charge in [-0.3, -0.25) is 9.69 Å². The Morgan fingerprint density at radius 3 is 2.38 bits per heavy atom. The Labute approximate surface area is 145 Å². The zero-order valence-electron chi connectivity index (χ0n) is 15.2. The van der Waals surface area contributed by atoms with Crippen molar-refractivity contribution in [3.05, 3.63) is 29.8 Å². The minimum absolute atomic E-state index is 0.301. The van der Waals surface area contributed by atoms with Gasteiger partial charge < -0.3 is 9.64 Å². The van der Waals surface area contributed by atoms with Crippen LogP contribution in [0.3, 0.4) is 0 Å². The van der Waals surface area contributed by atoms with Crippen LogP contribution >= 0.6 is 0 Å². The topological polar surface area (TPSA) is 32.8 Å². The number of methoxy groups -OCH3 is 1. The number of likely N-dealkylation sites (tertiary alicyclic amines) is 2. The van der Waals surface area contributed by atoms with Crippen LogP contribution in [0.25, 0.3) is 0 Å². The summed E-state index contributed by atoms with van der Waals surface area (Å²) in [7, 11) is 1.69. The number of hydrogen-bond donors (Lipinski definition) is 0. The number of rotatable bonds is 4. The molecule has 2 aliphatic rings. The molecule has 2 aliphatic heterocycles. The molecule has 0 N–H and O–H groups in total. The molecule has 0 bridgehead atoms. The zero-order valence-corrected chi connectivity index (χ0v) is 15.2. The predicted octanol–water partition coefficient (Wildman–Crippen LogP) is 3.62. The Kier molecular flexibility index (Phi) is 5.44. The van der Waals surface area contributed by atoms with E-state index in [0.717, 1.165) is 38.0 Å². The maximum Gasteiger partial charge on any atom is 0.237 e. The standard InChI is InChI=1S/C20H30N2O2/c1-15-6-4-7-16(2)22(15)20(23)14-21-13-5-8-19(21)17-9-11-18(24-3)12-10-17/h9-12,15-16,19H,4-8,13-14H2,1-3H3/t15-,16+,19-/m1/s1. The second-order valence-corrected chi connectivity index (χ2v) is 7.33. The van der Waals surface area contributed by atoms with Crippen LogP contribution in [-0.4, -0.2) is 48.0 Å². The highest BCUT2D eigenvalue weighted by atomic mass is 16.5. The lowest BCUT2D eigenvalue weighted by Gasteiger charge is -2.40. The fourth-order valence-electron chi connectivity index (χ4n) is 4.39. The number of ether oxygens (including phenoxy) is 1. The van der Waals surface area contributed by atoms with E-state index in [9.17, 15) is 4.79 Å². The van der Waals surface area contributed by atoms with Gasteiger partial charge in [0, 0.05) is 18.1 Å². The van der Waals surface area contributed by atoms with Crippen molar-refractivity contribution in [1.82, 2.24) is 9.80 Å². The number of carbonyl (C=O) groups excluding carboxylic acids is 1. The molecule has 1 aromatic carbocycles. The highest BCUT2D eigenvalue weighted by Crippen LogP contribution is 2.33. The third kappa shape index (κ3) is 3.59. The fraction of sp³-hybridized carbons (Fsp3) is 0.650. The van der Waals surface area contributed by atoms with E-state index >= 15 is 0 Å². The third-order valence-electron chi connectivity index (χ3n) is 5.68. The Bertz CT molecular complexity index is 547. The molecule has 0 saturated carbocycles. The van der Waals surface area contributed by atoms with Crippen LogP contribution in [-0.2, 0) is 4.79 Å². The third-order valence-corrected chi connectivity index (χ3v) is 5.68. The number of benzene rings is 1. The lowest BCUT2D eigenvalue weighted by atomic mass is 9.97. The largest absolute Gasteiger partial charge is 0.497 e. The van der Waals surface area contributed by atoms with Crippen molar-refractivity contribution in [2.24, 2.45) is 0 Å². The van der Waals surface area contributed by atoms with Gasteiger partial charge in [0.2, 0.25) is 5.91 Å². The molecular formula is C20H30N2O2. The first-order valence-electron chi connectivity index (χ1n) is 9.29. The quantitative estimate of drug-likeness (QED) is 0.845. The molecule has 3 rings (SSSR count). The maximum absolute atomic E-state index is 12.9. The van der Waals surface area contributed by atoms with Gasteiger partial charge in [-0.25, -0.2) is 0 Å². The normalized spacial score (nSPS) is 28.1. The van der Waals surface area contributed by atoms with E-state index < -0.39 is 0 Å². The van der Waals surface area contributed by atoms with E-state index in [1.54, 1.807) is 7.11 Å². The van der Waals surface area contributed by atoms with Crippen molar-refractivity contribution in [2.45, 2.75) is 64.1 Å². The number of nitrogens with zero attached hydrogens (tertiary/aromatic N) is 2. The molecule has 132 valence electrons. The van der Waals surface area contributed by atoms with Crippen molar-refractivity contribution in [1.29, 1.82) is 0 Å². The summed E-state index contributed by atoms with van der Waals surface area (Å²) in [6, 6.07) is 9.42. The summed E-state index contributed by atoms with van der Waals surface area (Å²) in [4.78, 5) is 17.4. The smallest absolute Gasteiger partial charge is 0.237 e. The molecule has 4 nitrogen and oxygen atoms in total. The summed E-state index contributed by atoms with van der Waals surface area (Å²) in [5.41, 5.74) is 1.29. The summed E-state index contributed by atoms with van der Waals surface area (Å²) in [5, 5.41) is 0. The van der Waals surface area contributed by atoms with E-state index in [1.807, 2.05) is 12.1 Å². The second-order valence-electron chi connectivity index (χ2n) is 7.33. The molecule has 1 amide bonds. The molecule has 2 heterocycles. The van der Waals surface area contributed by atoms with Gasteiger partial charge in [-0.15, -0.1) is 0 Å². The first-order valence-corrected chi connectivity index (χ1v) is 9.29. The summed E-state index contributed by atoms with van der Waals surface area (Å²) in [6.07, 6.45) is 5.81. The Balaban J connectivity index is 1.67. The average Bonchev–Trinajstić information content (AvgIpc) is 3.03. The SMILES string of the molecule is COc1ccc([C@H]2CCCN2CC(=O)N2[C@H](C)CCC[C@@H]2C)cc1. The van der Waals surface area contributed by atoms with Crippen molar-refractivity contribution in [3.8, 4) is 5.75 Å². The molecule has 0 aromatic heterocycles. The van der Waals surface area contributed by atoms with Crippen LogP contribution in [0.15, 0.2) is 24.3 Å². The number of amides is 1. The Morgan fingerprint density at radius 1 is 1.08 bits per heavy atom. The monoisotopic (exact) mass is 330 g/mol. The highest BCUT2D eigenvalue weighted by Gasteiger charge is 2.33. The highest BCUT2D eigenvalue weighted by molar-refractivity contribution is 5.79. The van der Waals surface area contributed by atoms with Crippen molar-refractivity contribution >= 4 is 5.91 Å². The minimum Gasteiger partial charge on any atom is -0.497 e. The molecule has 3 atom stereocenters. The van der Waals surface area contributed by atoms with Gasteiger partial charge in [0.15, 0.2) is 0 Å². The zero-order chi connectivity index (χ0) is 17.1. The van der Waals surface area contributed by atoms with Crippen LogP contribution < -0.4 is 4.74 Å². The van der Waals surface area contributed by atoms with Gasteiger partial charge in [0.1, 0.15) is 5.75 Å². The minimum atomic E-state index is 0.301. The molecular weight excluding hydrogens is 300 g/mol. The van der Waals surface area contributed by atoms with Crippen LogP contribution in [0.1, 0.15) is 57.6 Å². The molecule has 0 aliphatic carbocycles. The number of piperidine rings is 1. The summed E-state index contributed by atoms with van der Waals surface area (Å²) in [5.74, 6) is 1.19. The molecule has 24 heavy (non-hydrogen) atoms. The second kappa shape index (κ2) is 7.56. The maximum atomic E-state index is 12.9. The van der Waals surface area contributed by atoms with Gasteiger partial charge in [0.25, 0.3) is 0 Å². The molecule has 0 unspecified atom stereocenters. The molecule has 2 fully saturated rings. The van der Waals surface area contributed by atoms with Crippen molar-refractivity contribution < 1.29 is 9.53 Å². The first-order chi connectivity index (χ1) is 11.6. The summed E-state index contributed by atoms with van der Waals surface area (Å²) in [6.45, 7) is 5.95. The summed E-state index contributed by atoms with van der Waals surface area (Å²) >= 11 is 0. The summed E-state index contributed by atoms with van der Waals surface area (Å²) < 4.78 is 5.25. The number of carbonyl (C=O) groups is 1. The van der Waals surface area contributed by atoms with Crippen LogP contribution in [0.5, 0.6) is 5.75 Å². The van der Waals surface area contributed by atoms with Crippen LogP contribution in [0.4, 0.5) is 0 Å². The first kappa shape index (κ1) is 17.3. The van der Waals surface area contributed by atoms with Crippen molar-refractivity contribution in [3.63, 3.8) is 0 Å². The van der Waals surface area contributed by atoms with Gasteiger partial charge in [-0.2, -0.15) is 0 Å². The van der Waals surface area contributed by atoms with E-state index in [-0.39, 0.29) is 0 Å². The van der Waals surface area contributed by atoms with Gasteiger partial charge >= 0.3 is 0 Å². The molecule has 4 heteroatoms. The molecule has 1 aromatic rings. The van der Waals surface area contributed by atoms with Crippen LogP contribution in [0, 0.1) is 0 Å². The lowest BCUT2D eigenvalue weighted by molar-refractivity contribution is -0.138. The van der Waals surface area contributed by atoms with Gasteiger partial charge in [-0.1, -0.05) is 12.1 Å². The van der Waals surface area contributed by atoms with E-state index in [2.05, 4.69) is 35.8 Å². The fourth-order valence-corrected chi connectivity index (χ4v) is 4.39. The van der Waals surface area contributed by atoms with E-state index in [4.69, 9.17) is 4.74 Å². The molecule has 0 spiro atoms. The number of hydrogen-bond acceptors (Lipinski definition) is 3. The average molecular weight is 330 g/mol. The van der Waals surface area contributed by atoms with E-state index in [1.165, 1.54) is 12.0 Å². The Hall–Kier alpha value is -1.55. The lowest BCUT2D eigenvalue weighted by Crippen LogP contribution is -2.51. The van der Waals surface area contributed by atoms with Gasteiger partial charge in [0.05, 0.1) is 13.7 Å². The van der Waals surface area contributed by atoms with Crippen LogP contribution in [0.2, 0.25) is 0 Å². The van der Waals surface area contributed by atoms with E-state index in [0.29, 0.717) is 30.6 Å². The molecule has 2 saturated heterocycles. The molecule has 0 radical (unpaired) electrons. The van der Waals surface area contributed by atoms with Crippen molar-refractivity contribution in [2.75, 3.05) is 20.2 Å². The van der Waals surface area contributed by atoms with Gasteiger partial charge in [-0.05, 0) is 70.2 Å².